The summed E-state index contributed by atoms with van der Waals surface area (Å²) in [6.45, 7) is 10.0. The average molecular weight is 228 g/mol. The van der Waals surface area contributed by atoms with Gasteiger partial charge < -0.3 is 15.0 Å². The first-order valence-electron chi connectivity index (χ1n) is 6.79. The standard InChI is InChI=1S/C13H28N2O/c1-4-7-15(8-5-2)10-13(14-3)12-6-9-16-11-12/h12-14H,4-11H2,1-3H3. The summed E-state index contributed by atoms with van der Waals surface area (Å²) in [6, 6.07) is 0.598. The van der Waals surface area contributed by atoms with Gasteiger partial charge >= 0.3 is 0 Å². The maximum absolute atomic E-state index is 5.48. The fourth-order valence-electron chi connectivity index (χ4n) is 2.55. The quantitative estimate of drug-likeness (QED) is 0.685. The van der Waals surface area contributed by atoms with E-state index in [-0.39, 0.29) is 0 Å². The second kappa shape index (κ2) is 8.04. The van der Waals surface area contributed by atoms with Crippen molar-refractivity contribution in [2.45, 2.75) is 39.2 Å². The Hall–Kier alpha value is -0.120. The summed E-state index contributed by atoms with van der Waals surface area (Å²) in [5, 5.41) is 3.47. The highest BCUT2D eigenvalue weighted by molar-refractivity contribution is 4.81. The molecule has 1 heterocycles. The van der Waals surface area contributed by atoms with Gasteiger partial charge in [-0.15, -0.1) is 0 Å². The van der Waals surface area contributed by atoms with Crippen LogP contribution in [0.5, 0.6) is 0 Å². The topological polar surface area (TPSA) is 24.5 Å². The highest BCUT2D eigenvalue weighted by Gasteiger charge is 2.25. The molecule has 3 nitrogen and oxygen atoms in total. The van der Waals surface area contributed by atoms with E-state index in [4.69, 9.17) is 4.74 Å². The van der Waals surface area contributed by atoms with Gasteiger partial charge in [-0.25, -0.2) is 0 Å². The Bertz CT molecular complexity index is 163. The van der Waals surface area contributed by atoms with E-state index in [2.05, 4.69) is 31.1 Å². The number of ether oxygens (including phenoxy) is 1. The number of hydrogen-bond donors (Lipinski definition) is 1. The van der Waals surface area contributed by atoms with Gasteiger partial charge in [0.25, 0.3) is 0 Å². The summed E-state index contributed by atoms with van der Waals surface area (Å²) < 4.78 is 5.48. The number of nitrogens with one attached hydrogen (secondary N) is 1. The van der Waals surface area contributed by atoms with Crippen LogP contribution in [0.2, 0.25) is 0 Å². The molecule has 0 radical (unpaired) electrons. The van der Waals surface area contributed by atoms with Crippen LogP contribution in [0.25, 0.3) is 0 Å². The van der Waals surface area contributed by atoms with Crippen LogP contribution in [0.15, 0.2) is 0 Å². The molecule has 3 heteroatoms. The molecule has 96 valence electrons. The Labute approximate surface area is 101 Å². The molecule has 1 N–H and O–H groups in total. The minimum Gasteiger partial charge on any atom is -0.381 e. The van der Waals surface area contributed by atoms with Gasteiger partial charge in [0, 0.05) is 25.1 Å². The van der Waals surface area contributed by atoms with Gasteiger partial charge in [-0.3, -0.25) is 0 Å². The van der Waals surface area contributed by atoms with E-state index in [0.29, 0.717) is 12.0 Å². The third-order valence-electron chi connectivity index (χ3n) is 3.44. The zero-order chi connectivity index (χ0) is 11.8. The summed E-state index contributed by atoms with van der Waals surface area (Å²) in [5.74, 6) is 0.709. The predicted octanol–water partition coefficient (Wildman–Crippen LogP) is 1.73. The van der Waals surface area contributed by atoms with Crippen LogP contribution in [-0.2, 0) is 4.74 Å². The van der Waals surface area contributed by atoms with Gasteiger partial charge in [0.1, 0.15) is 0 Å². The molecular weight excluding hydrogens is 200 g/mol. The third-order valence-corrected chi connectivity index (χ3v) is 3.44. The molecule has 16 heavy (non-hydrogen) atoms. The lowest BCUT2D eigenvalue weighted by Gasteiger charge is -2.29. The summed E-state index contributed by atoms with van der Waals surface area (Å²) in [7, 11) is 2.08. The molecule has 1 aliphatic heterocycles. The van der Waals surface area contributed by atoms with Crippen molar-refractivity contribution >= 4 is 0 Å². The molecule has 0 aliphatic carbocycles. The highest BCUT2D eigenvalue weighted by Crippen LogP contribution is 2.17. The molecule has 1 saturated heterocycles. The molecule has 0 aromatic heterocycles. The van der Waals surface area contributed by atoms with E-state index < -0.39 is 0 Å². The van der Waals surface area contributed by atoms with E-state index in [1.807, 2.05) is 0 Å². The fraction of sp³-hybridized carbons (Fsp3) is 1.00. The molecule has 0 saturated carbocycles. The zero-order valence-electron chi connectivity index (χ0n) is 11.2. The largest absolute Gasteiger partial charge is 0.381 e. The minimum absolute atomic E-state index is 0.598. The monoisotopic (exact) mass is 228 g/mol. The highest BCUT2D eigenvalue weighted by atomic mass is 16.5. The lowest BCUT2D eigenvalue weighted by atomic mass is 9.98. The second-order valence-corrected chi connectivity index (χ2v) is 4.82. The number of rotatable bonds is 8. The van der Waals surface area contributed by atoms with E-state index in [9.17, 15) is 0 Å². The van der Waals surface area contributed by atoms with E-state index in [0.717, 1.165) is 13.2 Å². The van der Waals surface area contributed by atoms with Gasteiger partial charge in [-0.1, -0.05) is 13.8 Å². The van der Waals surface area contributed by atoms with E-state index in [1.54, 1.807) is 0 Å². The Morgan fingerprint density at radius 2 is 2.00 bits per heavy atom. The summed E-state index contributed by atoms with van der Waals surface area (Å²) in [4.78, 5) is 2.58. The van der Waals surface area contributed by atoms with Gasteiger partial charge in [0.15, 0.2) is 0 Å². The zero-order valence-corrected chi connectivity index (χ0v) is 11.2. The minimum atomic E-state index is 0.598. The van der Waals surface area contributed by atoms with Crippen molar-refractivity contribution in [2.24, 2.45) is 5.92 Å². The molecule has 0 aromatic rings. The van der Waals surface area contributed by atoms with Crippen LogP contribution >= 0.6 is 0 Å². The maximum Gasteiger partial charge on any atom is 0.0510 e. The van der Waals surface area contributed by atoms with Gasteiger partial charge in [-0.2, -0.15) is 0 Å². The van der Waals surface area contributed by atoms with Crippen molar-refractivity contribution in [1.82, 2.24) is 10.2 Å². The van der Waals surface area contributed by atoms with Crippen LogP contribution in [0.4, 0.5) is 0 Å². The normalized spacial score (nSPS) is 22.9. The molecular formula is C13H28N2O. The van der Waals surface area contributed by atoms with Crippen LogP contribution < -0.4 is 5.32 Å². The first kappa shape index (κ1) is 13.9. The number of nitrogens with zero attached hydrogens (tertiary/aromatic N) is 1. The van der Waals surface area contributed by atoms with E-state index in [1.165, 1.54) is 38.9 Å². The molecule has 0 aromatic carbocycles. The Kier molecular flexibility index (Phi) is 7.01. The average Bonchev–Trinajstić information content (AvgIpc) is 2.79. The number of likely N-dealkylation sites (N-methyl/N-ethyl adjacent to an activating group) is 1. The number of hydrogen-bond acceptors (Lipinski definition) is 3. The van der Waals surface area contributed by atoms with Gasteiger partial charge in [-0.05, 0) is 39.4 Å². The molecule has 2 unspecified atom stereocenters. The lowest BCUT2D eigenvalue weighted by molar-refractivity contribution is 0.163. The molecule has 0 spiro atoms. The van der Waals surface area contributed by atoms with Crippen LogP contribution in [0.3, 0.4) is 0 Å². The van der Waals surface area contributed by atoms with Crippen molar-refractivity contribution in [1.29, 1.82) is 0 Å². The van der Waals surface area contributed by atoms with Crippen molar-refractivity contribution < 1.29 is 4.74 Å². The van der Waals surface area contributed by atoms with Crippen molar-refractivity contribution in [3.8, 4) is 0 Å². The van der Waals surface area contributed by atoms with Crippen LogP contribution in [0.1, 0.15) is 33.1 Å². The SMILES string of the molecule is CCCN(CCC)CC(NC)C1CCOC1. The Morgan fingerprint density at radius 3 is 2.44 bits per heavy atom. The third kappa shape index (κ3) is 4.40. The lowest BCUT2D eigenvalue weighted by Crippen LogP contribution is -2.45. The second-order valence-electron chi connectivity index (χ2n) is 4.82. The van der Waals surface area contributed by atoms with Gasteiger partial charge in [0.05, 0.1) is 6.61 Å². The van der Waals surface area contributed by atoms with Gasteiger partial charge in [0.2, 0.25) is 0 Å². The van der Waals surface area contributed by atoms with Crippen molar-refractivity contribution in [3.05, 3.63) is 0 Å². The summed E-state index contributed by atoms with van der Waals surface area (Å²) in [6.07, 6.45) is 3.72. The maximum atomic E-state index is 5.48. The fourth-order valence-corrected chi connectivity index (χ4v) is 2.55. The first-order valence-corrected chi connectivity index (χ1v) is 6.79. The summed E-state index contributed by atoms with van der Waals surface area (Å²) >= 11 is 0. The smallest absolute Gasteiger partial charge is 0.0510 e. The van der Waals surface area contributed by atoms with E-state index >= 15 is 0 Å². The van der Waals surface area contributed by atoms with Crippen molar-refractivity contribution in [2.75, 3.05) is 39.9 Å². The molecule has 0 amide bonds. The molecule has 2 atom stereocenters. The summed E-state index contributed by atoms with van der Waals surface area (Å²) in [5.41, 5.74) is 0. The predicted molar refractivity (Wildman–Crippen MR) is 68.8 cm³/mol. The van der Waals surface area contributed by atoms with Crippen LogP contribution in [-0.4, -0.2) is 50.8 Å². The Balaban J connectivity index is 2.38. The first-order chi connectivity index (χ1) is 7.81. The molecule has 1 aliphatic rings. The van der Waals surface area contributed by atoms with Crippen molar-refractivity contribution in [3.63, 3.8) is 0 Å². The molecule has 0 bridgehead atoms. The Morgan fingerprint density at radius 1 is 1.31 bits per heavy atom. The molecule has 1 fully saturated rings. The molecule has 1 rings (SSSR count). The van der Waals surface area contributed by atoms with Crippen LogP contribution in [0, 0.1) is 5.92 Å².